The molecule has 0 fully saturated rings. The highest BCUT2D eigenvalue weighted by Gasteiger charge is 2.40. The van der Waals surface area contributed by atoms with Gasteiger partial charge in [0.15, 0.2) is 0 Å². The third kappa shape index (κ3) is 7.75. The summed E-state index contributed by atoms with van der Waals surface area (Å²) in [6, 6.07) is 0. The van der Waals surface area contributed by atoms with Gasteiger partial charge in [-0.25, -0.2) is 0 Å². The van der Waals surface area contributed by atoms with E-state index < -0.39 is 0 Å². The molecule has 3 unspecified atom stereocenters. The van der Waals surface area contributed by atoms with Crippen molar-refractivity contribution in [3.63, 3.8) is 0 Å². The van der Waals surface area contributed by atoms with E-state index in [1.807, 2.05) is 0 Å². The SMILES string of the molecule is CC(C)=CCC/C(C)=C/CCC(C)C1=CCC2(C)C/C=C(\C)CC/C=C(\C)CCC12. The fourth-order valence-electron chi connectivity index (χ4n) is 5.29. The van der Waals surface area contributed by atoms with Crippen LogP contribution < -0.4 is 0 Å². The quantitative estimate of drug-likeness (QED) is 0.368. The third-order valence-corrected chi connectivity index (χ3v) is 7.58. The Balaban J connectivity index is 2.01. The smallest absolute Gasteiger partial charge is 0.0138 e. The van der Waals surface area contributed by atoms with Crippen LogP contribution in [0.4, 0.5) is 0 Å². The lowest BCUT2D eigenvalue weighted by Crippen LogP contribution is -2.25. The van der Waals surface area contributed by atoms with E-state index in [0.29, 0.717) is 11.3 Å². The summed E-state index contributed by atoms with van der Waals surface area (Å²) in [7, 11) is 0. The van der Waals surface area contributed by atoms with Gasteiger partial charge in [0.25, 0.3) is 0 Å². The molecule has 0 N–H and O–H groups in total. The molecule has 0 aliphatic heterocycles. The van der Waals surface area contributed by atoms with Gasteiger partial charge in [-0.1, -0.05) is 72.1 Å². The van der Waals surface area contributed by atoms with Gasteiger partial charge in [0.2, 0.25) is 0 Å². The summed E-state index contributed by atoms with van der Waals surface area (Å²) in [4.78, 5) is 0. The second-order valence-corrected chi connectivity index (χ2v) is 10.8. The maximum Gasteiger partial charge on any atom is -0.0138 e. The molecule has 0 heterocycles. The lowest BCUT2D eigenvalue weighted by atomic mass is 9.69. The maximum absolute atomic E-state index is 2.63. The molecular weight excluding hydrogens is 360 g/mol. The Hall–Kier alpha value is -1.30. The Bertz CT molecular complexity index is 704. The first-order valence-corrected chi connectivity index (χ1v) is 12.5. The Morgan fingerprint density at radius 2 is 1.70 bits per heavy atom. The van der Waals surface area contributed by atoms with Gasteiger partial charge in [-0.05, 0) is 116 Å². The number of hydrogen-bond acceptors (Lipinski definition) is 0. The molecule has 30 heavy (non-hydrogen) atoms. The molecule has 0 radical (unpaired) electrons. The van der Waals surface area contributed by atoms with Crippen molar-refractivity contribution in [3.05, 3.63) is 58.2 Å². The van der Waals surface area contributed by atoms with Crippen molar-refractivity contribution >= 4 is 0 Å². The van der Waals surface area contributed by atoms with E-state index in [0.717, 1.165) is 5.92 Å². The molecule has 0 nitrogen and oxygen atoms in total. The van der Waals surface area contributed by atoms with Gasteiger partial charge < -0.3 is 0 Å². The zero-order valence-electron chi connectivity index (χ0n) is 21.1. The van der Waals surface area contributed by atoms with Crippen molar-refractivity contribution in [3.8, 4) is 0 Å². The summed E-state index contributed by atoms with van der Waals surface area (Å²) >= 11 is 0. The van der Waals surface area contributed by atoms with Crippen molar-refractivity contribution in [2.45, 2.75) is 113 Å². The highest BCUT2D eigenvalue weighted by Crippen LogP contribution is 2.51. The minimum absolute atomic E-state index is 0.422. The van der Waals surface area contributed by atoms with Crippen molar-refractivity contribution in [1.29, 1.82) is 0 Å². The second-order valence-electron chi connectivity index (χ2n) is 10.8. The molecule has 3 atom stereocenters. The van der Waals surface area contributed by atoms with Crippen LogP contribution in [0.1, 0.15) is 113 Å². The topological polar surface area (TPSA) is 0 Å². The average Bonchev–Trinajstić information content (AvgIpc) is 3.00. The summed E-state index contributed by atoms with van der Waals surface area (Å²) in [5.74, 6) is 1.46. The predicted molar refractivity (Wildman–Crippen MR) is 136 cm³/mol. The van der Waals surface area contributed by atoms with Crippen LogP contribution in [0.3, 0.4) is 0 Å². The lowest BCUT2D eigenvalue weighted by Gasteiger charge is -2.35. The van der Waals surface area contributed by atoms with Gasteiger partial charge in [-0.15, -0.1) is 0 Å². The van der Waals surface area contributed by atoms with Crippen LogP contribution in [0.2, 0.25) is 0 Å². The summed E-state index contributed by atoms with van der Waals surface area (Å²) in [6.45, 7) is 16.4. The Morgan fingerprint density at radius 1 is 1.00 bits per heavy atom. The molecule has 2 aliphatic carbocycles. The monoisotopic (exact) mass is 408 g/mol. The molecule has 0 saturated heterocycles. The van der Waals surface area contributed by atoms with Gasteiger partial charge in [0.05, 0.1) is 0 Å². The van der Waals surface area contributed by atoms with Gasteiger partial charge in [-0.3, -0.25) is 0 Å². The number of fused-ring (bicyclic) bond motifs is 1. The predicted octanol–water partition coefficient (Wildman–Crippen LogP) is 9.90. The molecule has 0 aromatic rings. The normalized spacial score (nSPS) is 30.2. The molecule has 2 aliphatic rings. The minimum atomic E-state index is 0.422. The van der Waals surface area contributed by atoms with E-state index >= 15 is 0 Å². The lowest BCUT2D eigenvalue weighted by molar-refractivity contribution is 0.223. The van der Waals surface area contributed by atoms with Crippen LogP contribution in [0, 0.1) is 17.3 Å². The molecule has 0 aromatic heterocycles. The molecule has 0 aromatic carbocycles. The van der Waals surface area contributed by atoms with E-state index in [9.17, 15) is 0 Å². The van der Waals surface area contributed by atoms with E-state index in [2.05, 4.69) is 78.8 Å². The molecule has 0 amide bonds. The third-order valence-electron chi connectivity index (χ3n) is 7.58. The standard InChI is InChI=1S/C30H48/c1-23(2)11-8-12-24(3)15-10-16-27(6)28-20-22-30(7)21-19-26(5)14-9-13-25(4)17-18-29(28)30/h11,13,15,19-20,27,29H,8-10,12,14,16-18,21-22H2,1-7H3/b24-15+,25-13+,26-19+. The van der Waals surface area contributed by atoms with Crippen molar-refractivity contribution in [1.82, 2.24) is 0 Å². The number of allylic oxidation sites excluding steroid dienone is 10. The van der Waals surface area contributed by atoms with Crippen LogP contribution in [-0.2, 0) is 0 Å². The fourth-order valence-corrected chi connectivity index (χ4v) is 5.29. The van der Waals surface area contributed by atoms with Gasteiger partial charge >= 0.3 is 0 Å². The summed E-state index contributed by atoms with van der Waals surface area (Å²) in [5, 5.41) is 0. The Morgan fingerprint density at radius 3 is 2.43 bits per heavy atom. The summed E-state index contributed by atoms with van der Waals surface area (Å²) in [5.41, 5.74) is 8.36. The first-order valence-electron chi connectivity index (χ1n) is 12.5. The van der Waals surface area contributed by atoms with Crippen LogP contribution in [0.5, 0.6) is 0 Å². The van der Waals surface area contributed by atoms with Crippen LogP contribution in [0.25, 0.3) is 0 Å². The van der Waals surface area contributed by atoms with Crippen molar-refractivity contribution < 1.29 is 0 Å². The molecule has 0 spiro atoms. The molecule has 0 heteroatoms. The molecule has 0 saturated carbocycles. The van der Waals surface area contributed by atoms with Crippen LogP contribution >= 0.6 is 0 Å². The average molecular weight is 409 g/mol. The Kier molecular flexibility index (Phi) is 9.92. The van der Waals surface area contributed by atoms with E-state index in [1.54, 1.807) is 22.3 Å². The maximum atomic E-state index is 2.63. The Labute approximate surface area is 188 Å². The molecule has 0 bridgehead atoms. The largest absolute Gasteiger partial charge is 0.0856 e. The number of rotatable bonds is 7. The molecule has 2 rings (SSSR count). The summed E-state index contributed by atoms with van der Waals surface area (Å²) in [6.07, 6.45) is 25.0. The molecular formula is C30H48. The van der Waals surface area contributed by atoms with Crippen LogP contribution in [0.15, 0.2) is 58.2 Å². The minimum Gasteiger partial charge on any atom is -0.0856 e. The fraction of sp³-hybridized carbons (Fsp3) is 0.667. The second kappa shape index (κ2) is 11.9. The van der Waals surface area contributed by atoms with Crippen LogP contribution in [-0.4, -0.2) is 0 Å². The van der Waals surface area contributed by atoms with Gasteiger partial charge in [0.1, 0.15) is 0 Å². The summed E-state index contributed by atoms with van der Waals surface area (Å²) < 4.78 is 0. The van der Waals surface area contributed by atoms with Crippen molar-refractivity contribution in [2.24, 2.45) is 17.3 Å². The molecule has 168 valence electrons. The van der Waals surface area contributed by atoms with E-state index in [4.69, 9.17) is 0 Å². The zero-order valence-corrected chi connectivity index (χ0v) is 21.1. The van der Waals surface area contributed by atoms with Gasteiger partial charge in [-0.2, -0.15) is 0 Å². The highest BCUT2D eigenvalue weighted by atomic mass is 14.4. The first-order chi connectivity index (χ1) is 14.2. The van der Waals surface area contributed by atoms with Crippen molar-refractivity contribution in [2.75, 3.05) is 0 Å². The number of hydrogen-bond donors (Lipinski definition) is 0. The zero-order chi connectivity index (χ0) is 22.1. The van der Waals surface area contributed by atoms with E-state index in [1.165, 1.54) is 69.8 Å². The van der Waals surface area contributed by atoms with Gasteiger partial charge in [0, 0.05) is 0 Å². The first kappa shape index (κ1) is 25.0. The van der Waals surface area contributed by atoms with E-state index in [-0.39, 0.29) is 0 Å². The highest BCUT2D eigenvalue weighted by molar-refractivity contribution is 5.24.